The Morgan fingerprint density at radius 3 is 2.25 bits per heavy atom. The quantitative estimate of drug-likeness (QED) is 0.806. The Labute approximate surface area is 143 Å². The van der Waals surface area contributed by atoms with Gasteiger partial charge in [-0.3, -0.25) is 9.78 Å². The topological polar surface area (TPSA) is 67.3 Å². The lowest BCUT2D eigenvalue weighted by atomic mass is 10.1. The first-order valence-corrected chi connectivity index (χ1v) is 9.70. The van der Waals surface area contributed by atoms with Gasteiger partial charge in [-0.1, -0.05) is 36.4 Å². The maximum atomic E-state index is 12.8. The van der Waals surface area contributed by atoms with Crippen molar-refractivity contribution < 1.29 is 13.2 Å². The molecule has 2 atom stereocenters. The van der Waals surface area contributed by atoms with E-state index < -0.39 is 21.0 Å². The van der Waals surface area contributed by atoms with Crippen molar-refractivity contribution in [2.75, 3.05) is 6.26 Å². The summed E-state index contributed by atoms with van der Waals surface area (Å²) in [6, 6.07) is 14.7. The van der Waals surface area contributed by atoms with Crippen LogP contribution in [0, 0.1) is 0 Å². The van der Waals surface area contributed by atoms with E-state index in [-0.39, 0.29) is 6.04 Å². The fourth-order valence-electron chi connectivity index (χ4n) is 2.39. The lowest BCUT2D eigenvalue weighted by Crippen LogP contribution is -2.42. The van der Waals surface area contributed by atoms with Crippen LogP contribution in [0.3, 0.4) is 0 Å². The first-order chi connectivity index (χ1) is 11.3. The van der Waals surface area contributed by atoms with Gasteiger partial charge in [0, 0.05) is 19.0 Å². The van der Waals surface area contributed by atoms with E-state index in [4.69, 9.17) is 0 Å². The Bertz CT molecular complexity index is 776. The van der Waals surface area contributed by atoms with Crippen molar-refractivity contribution in [2.24, 2.45) is 0 Å². The highest BCUT2D eigenvalue weighted by atomic mass is 32.2. The monoisotopic (exact) mass is 346 g/mol. The van der Waals surface area contributed by atoms with Crippen LogP contribution < -0.4 is 0 Å². The number of carbonyl (C=O) groups excluding carboxylic acids is 1. The molecule has 24 heavy (non-hydrogen) atoms. The smallest absolute Gasteiger partial charge is 0.241 e. The summed E-state index contributed by atoms with van der Waals surface area (Å²) < 4.78 is 23.7. The second-order valence-electron chi connectivity index (χ2n) is 5.85. The predicted molar refractivity (Wildman–Crippen MR) is 93.9 cm³/mol. The number of rotatable bonds is 6. The summed E-state index contributed by atoms with van der Waals surface area (Å²) in [5.74, 6) is -0.417. The SMILES string of the molecule is C[C@@H](c1ccccn1)N(Cc1ccccc1)C(=O)[C@H](C)S(C)(=O)=O. The molecule has 6 heteroatoms. The molecule has 0 bridgehead atoms. The fraction of sp³-hybridized carbons (Fsp3) is 0.333. The minimum absolute atomic E-state index is 0.330. The summed E-state index contributed by atoms with van der Waals surface area (Å²) in [5.41, 5.74) is 1.66. The van der Waals surface area contributed by atoms with Gasteiger partial charge >= 0.3 is 0 Å². The maximum Gasteiger partial charge on any atom is 0.241 e. The summed E-state index contributed by atoms with van der Waals surface area (Å²) in [6.07, 6.45) is 2.75. The van der Waals surface area contributed by atoms with E-state index in [1.807, 2.05) is 49.4 Å². The number of amides is 1. The van der Waals surface area contributed by atoms with Crippen molar-refractivity contribution in [1.29, 1.82) is 0 Å². The second-order valence-corrected chi connectivity index (χ2v) is 8.22. The molecular weight excluding hydrogens is 324 g/mol. The van der Waals surface area contributed by atoms with E-state index in [0.29, 0.717) is 6.54 Å². The minimum atomic E-state index is -3.47. The first kappa shape index (κ1) is 18.1. The molecule has 0 N–H and O–H groups in total. The Morgan fingerprint density at radius 2 is 1.71 bits per heavy atom. The zero-order chi connectivity index (χ0) is 17.7. The summed E-state index contributed by atoms with van der Waals surface area (Å²) in [6.45, 7) is 3.62. The zero-order valence-corrected chi connectivity index (χ0v) is 14.9. The molecule has 1 aromatic heterocycles. The minimum Gasteiger partial charge on any atom is -0.329 e. The molecule has 1 heterocycles. The highest BCUT2D eigenvalue weighted by Gasteiger charge is 2.31. The molecule has 2 rings (SSSR count). The molecule has 0 fully saturated rings. The Hall–Kier alpha value is -2.21. The van der Waals surface area contributed by atoms with Crippen LogP contribution in [0.1, 0.15) is 31.1 Å². The largest absolute Gasteiger partial charge is 0.329 e. The van der Waals surface area contributed by atoms with Gasteiger partial charge in [-0.05, 0) is 31.5 Å². The Balaban J connectivity index is 2.36. The van der Waals surface area contributed by atoms with Gasteiger partial charge in [0.15, 0.2) is 9.84 Å². The summed E-state index contributed by atoms with van der Waals surface area (Å²) in [7, 11) is -3.47. The van der Waals surface area contributed by atoms with Crippen LogP contribution in [0.2, 0.25) is 0 Å². The molecule has 128 valence electrons. The van der Waals surface area contributed by atoms with Gasteiger partial charge in [0.25, 0.3) is 0 Å². The number of hydrogen-bond donors (Lipinski definition) is 0. The lowest BCUT2D eigenvalue weighted by Gasteiger charge is -2.31. The number of hydrogen-bond acceptors (Lipinski definition) is 4. The maximum absolute atomic E-state index is 12.8. The van der Waals surface area contributed by atoms with Crippen molar-refractivity contribution in [2.45, 2.75) is 31.7 Å². The number of nitrogens with zero attached hydrogens (tertiary/aromatic N) is 2. The third-order valence-electron chi connectivity index (χ3n) is 4.05. The second kappa shape index (κ2) is 7.57. The fourth-order valence-corrected chi connectivity index (χ4v) is 2.89. The molecular formula is C18H22N2O3S. The van der Waals surface area contributed by atoms with E-state index in [2.05, 4.69) is 4.98 Å². The van der Waals surface area contributed by atoms with Crippen LogP contribution in [0.5, 0.6) is 0 Å². The molecule has 0 aliphatic carbocycles. The van der Waals surface area contributed by atoms with E-state index in [9.17, 15) is 13.2 Å². The van der Waals surface area contributed by atoms with Crippen LogP contribution in [0.15, 0.2) is 54.7 Å². The van der Waals surface area contributed by atoms with Gasteiger partial charge in [-0.15, -0.1) is 0 Å². The van der Waals surface area contributed by atoms with Gasteiger partial charge in [-0.25, -0.2) is 8.42 Å². The molecule has 1 aromatic carbocycles. The van der Waals surface area contributed by atoms with Crippen molar-refractivity contribution in [1.82, 2.24) is 9.88 Å². The summed E-state index contributed by atoms with van der Waals surface area (Å²) in [4.78, 5) is 18.7. The van der Waals surface area contributed by atoms with Gasteiger partial charge in [-0.2, -0.15) is 0 Å². The summed E-state index contributed by atoms with van der Waals surface area (Å²) >= 11 is 0. The van der Waals surface area contributed by atoms with Gasteiger partial charge in [0.1, 0.15) is 5.25 Å². The average molecular weight is 346 g/mol. The van der Waals surface area contributed by atoms with Gasteiger partial charge in [0.2, 0.25) is 5.91 Å². The molecule has 0 aliphatic heterocycles. The van der Waals surface area contributed by atoms with E-state index in [1.165, 1.54) is 6.92 Å². The number of sulfone groups is 1. The van der Waals surface area contributed by atoms with Gasteiger partial charge < -0.3 is 4.90 Å². The highest BCUT2D eigenvalue weighted by Crippen LogP contribution is 2.23. The zero-order valence-electron chi connectivity index (χ0n) is 14.1. The van der Waals surface area contributed by atoms with E-state index >= 15 is 0 Å². The highest BCUT2D eigenvalue weighted by molar-refractivity contribution is 7.92. The third kappa shape index (κ3) is 4.41. The third-order valence-corrected chi connectivity index (χ3v) is 5.54. The van der Waals surface area contributed by atoms with E-state index in [0.717, 1.165) is 17.5 Å². The van der Waals surface area contributed by atoms with Crippen molar-refractivity contribution >= 4 is 15.7 Å². The molecule has 0 spiro atoms. The molecule has 5 nitrogen and oxygen atoms in total. The average Bonchev–Trinajstić information content (AvgIpc) is 2.58. The molecule has 0 saturated heterocycles. The Morgan fingerprint density at radius 1 is 1.08 bits per heavy atom. The molecule has 1 amide bonds. The number of aromatic nitrogens is 1. The first-order valence-electron chi connectivity index (χ1n) is 7.75. The lowest BCUT2D eigenvalue weighted by molar-refractivity contribution is -0.133. The van der Waals surface area contributed by atoms with Crippen molar-refractivity contribution in [3.63, 3.8) is 0 Å². The van der Waals surface area contributed by atoms with Crippen LogP contribution >= 0.6 is 0 Å². The molecule has 0 aliphatic rings. The Kier molecular flexibility index (Phi) is 5.72. The molecule has 2 aromatic rings. The standard InChI is InChI=1S/C18H22N2O3S/c1-14(17-11-7-8-12-19-17)20(13-16-9-5-4-6-10-16)18(21)15(2)24(3,22)23/h4-12,14-15H,13H2,1-3H3/t14-,15-/m0/s1. The van der Waals surface area contributed by atoms with Crippen LogP contribution in [0.4, 0.5) is 0 Å². The van der Waals surface area contributed by atoms with Gasteiger partial charge in [0.05, 0.1) is 11.7 Å². The summed E-state index contributed by atoms with van der Waals surface area (Å²) in [5, 5.41) is -1.09. The normalized spacial score (nSPS) is 14.0. The van der Waals surface area contributed by atoms with E-state index in [1.54, 1.807) is 17.2 Å². The number of pyridine rings is 1. The molecule has 0 radical (unpaired) electrons. The molecule has 0 saturated carbocycles. The van der Waals surface area contributed by atoms with Crippen LogP contribution in [-0.2, 0) is 21.2 Å². The van der Waals surface area contributed by atoms with Crippen LogP contribution in [0.25, 0.3) is 0 Å². The van der Waals surface area contributed by atoms with Crippen molar-refractivity contribution in [3.05, 3.63) is 66.0 Å². The van der Waals surface area contributed by atoms with Crippen LogP contribution in [-0.4, -0.2) is 35.7 Å². The predicted octanol–water partition coefficient (Wildman–Crippen LogP) is 2.60. The van der Waals surface area contributed by atoms with Crippen molar-refractivity contribution in [3.8, 4) is 0 Å². The number of benzene rings is 1. The molecule has 0 unspecified atom stereocenters. The number of carbonyl (C=O) groups is 1.